The molecule has 0 unspecified atom stereocenters. The molecule has 6 nitrogen and oxygen atoms in total. The number of hydrogen-bond acceptors (Lipinski definition) is 4. The van der Waals surface area contributed by atoms with Crippen LogP contribution in [0.4, 0.5) is 0 Å². The molecule has 5 rings (SSSR count). The van der Waals surface area contributed by atoms with E-state index >= 15 is 0 Å². The van der Waals surface area contributed by atoms with E-state index in [-0.39, 0.29) is 11.9 Å². The van der Waals surface area contributed by atoms with Crippen molar-refractivity contribution in [3.63, 3.8) is 0 Å². The molecule has 2 aromatic carbocycles. The van der Waals surface area contributed by atoms with Crippen LogP contribution >= 0.6 is 23.2 Å². The summed E-state index contributed by atoms with van der Waals surface area (Å²) in [5.41, 5.74) is 2.80. The number of likely N-dealkylation sites (tertiary alicyclic amines) is 1. The summed E-state index contributed by atoms with van der Waals surface area (Å²) in [5.74, 6) is 1.08. The number of fused-ring (bicyclic) bond motifs is 1. The molecule has 0 radical (unpaired) electrons. The summed E-state index contributed by atoms with van der Waals surface area (Å²) in [6, 6.07) is 15.0. The van der Waals surface area contributed by atoms with Crippen LogP contribution in [0.5, 0.6) is 11.5 Å². The maximum absolute atomic E-state index is 12.1. The van der Waals surface area contributed by atoms with Crippen molar-refractivity contribution in [2.45, 2.75) is 12.5 Å². The molecular weight excluding hydrogens is 459 g/mol. The first-order valence-electron chi connectivity index (χ1n) is 10.5. The largest absolute Gasteiger partial charge is 0.456 e. The first kappa shape index (κ1) is 21.5. The first-order valence-corrected chi connectivity index (χ1v) is 11.3. The fraction of sp³-hybridized carbons (Fsp3) is 0.160. The number of rotatable bonds is 5. The third kappa shape index (κ3) is 4.08. The lowest BCUT2D eigenvalue weighted by molar-refractivity contribution is -0.125. The molecule has 166 valence electrons. The van der Waals surface area contributed by atoms with Crippen LogP contribution in [-0.4, -0.2) is 38.7 Å². The van der Waals surface area contributed by atoms with Crippen LogP contribution in [0.25, 0.3) is 22.2 Å². The highest BCUT2D eigenvalue weighted by Gasteiger charge is 2.29. The van der Waals surface area contributed by atoms with Crippen molar-refractivity contribution in [3.8, 4) is 22.8 Å². The monoisotopic (exact) mass is 478 g/mol. The maximum atomic E-state index is 12.1. The number of halogens is 2. The molecule has 2 aromatic heterocycles. The summed E-state index contributed by atoms with van der Waals surface area (Å²) in [4.78, 5) is 18.2. The summed E-state index contributed by atoms with van der Waals surface area (Å²) in [7, 11) is 0. The van der Waals surface area contributed by atoms with E-state index < -0.39 is 0 Å². The average molecular weight is 479 g/mol. The highest BCUT2D eigenvalue weighted by atomic mass is 35.5. The van der Waals surface area contributed by atoms with E-state index in [4.69, 9.17) is 33.0 Å². The Kier molecular flexibility index (Phi) is 5.79. The first-order chi connectivity index (χ1) is 16.0. The van der Waals surface area contributed by atoms with Crippen molar-refractivity contribution >= 4 is 40.0 Å². The van der Waals surface area contributed by atoms with Gasteiger partial charge in [-0.15, -0.1) is 0 Å². The van der Waals surface area contributed by atoms with Crippen LogP contribution < -0.4 is 4.74 Å². The number of carbonyl (C=O) groups is 1. The topological polar surface area (TPSA) is 60.2 Å². The molecule has 1 amide bonds. The molecule has 0 spiro atoms. The Morgan fingerprint density at radius 1 is 1.15 bits per heavy atom. The van der Waals surface area contributed by atoms with Gasteiger partial charge in [-0.3, -0.25) is 14.5 Å². The number of ether oxygens (including phenoxy) is 1. The van der Waals surface area contributed by atoms with E-state index in [0.717, 1.165) is 28.6 Å². The highest BCUT2D eigenvalue weighted by molar-refractivity contribution is 6.42. The number of nitrogens with zero attached hydrogens (tertiary/aromatic N) is 4. The van der Waals surface area contributed by atoms with E-state index in [2.05, 4.69) is 11.6 Å². The Morgan fingerprint density at radius 2 is 1.97 bits per heavy atom. The van der Waals surface area contributed by atoms with E-state index in [1.54, 1.807) is 29.3 Å². The molecule has 0 aliphatic carbocycles. The minimum absolute atomic E-state index is 0.0568. The van der Waals surface area contributed by atoms with E-state index in [1.165, 1.54) is 6.08 Å². The molecule has 4 aromatic rings. The van der Waals surface area contributed by atoms with Crippen LogP contribution in [-0.2, 0) is 4.79 Å². The number of aromatic nitrogens is 3. The van der Waals surface area contributed by atoms with Gasteiger partial charge in [0.15, 0.2) is 0 Å². The fourth-order valence-corrected chi connectivity index (χ4v) is 4.47. The van der Waals surface area contributed by atoms with Gasteiger partial charge in [-0.1, -0.05) is 35.8 Å². The molecule has 0 bridgehead atoms. The minimum atomic E-state index is -0.0568. The predicted octanol–water partition coefficient (Wildman–Crippen LogP) is 6.16. The molecule has 1 fully saturated rings. The van der Waals surface area contributed by atoms with Gasteiger partial charge in [0.05, 0.1) is 22.3 Å². The SMILES string of the molecule is C=CC(=O)N1CC[C@H](n2nc3ccncc3c2-c2ccc(Oc3cccc(Cl)c3Cl)cc2)C1. The van der Waals surface area contributed by atoms with Gasteiger partial charge in [-0.25, -0.2) is 0 Å². The summed E-state index contributed by atoms with van der Waals surface area (Å²) < 4.78 is 7.95. The Morgan fingerprint density at radius 3 is 2.76 bits per heavy atom. The normalized spacial score (nSPS) is 15.7. The lowest BCUT2D eigenvalue weighted by Crippen LogP contribution is -2.27. The van der Waals surface area contributed by atoms with Crippen molar-refractivity contribution in [3.05, 3.63) is 83.6 Å². The van der Waals surface area contributed by atoms with Crippen LogP contribution in [0, 0.1) is 0 Å². The second-order valence-corrected chi connectivity index (χ2v) is 8.58. The van der Waals surface area contributed by atoms with Crippen molar-refractivity contribution < 1.29 is 9.53 Å². The molecule has 1 aliphatic rings. The number of amides is 1. The van der Waals surface area contributed by atoms with Crippen molar-refractivity contribution in [1.82, 2.24) is 19.7 Å². The van der Waals surface area contributed by atoms with Gasteiger partial charge >= 0.3 is 0 Å². The van der Waals surface area contributed by atoms with Crippen LogP contribution in [0.15, 0.2) is 73.6 Å². The zero-order valence-corrected chi connectivity index (χ0v) is 19.1. The summed E-state index contributed by atoms with van der Waals surface area (Å²) in [6.07, 6.45) is 5.74. The Balaban J connectivity index is 1.49. The predicted molar refractivity (Wildman–Crippen MR) is 130 cm³/mol. The molecule has 8 heteroatoms. The standard InChI is InChI=1S/C25H20Cl2N4O2/c1-2-23(32)30-13-11-17(15-30)31-25(19-14-28-12-10-21(19)29-31)16-6-8-18(9-7-16)33-22-5-3-4-20(26)24(22)27/h2-10,12,14,17H,1,11,13,15H2/t17-/m0/s1. The zero-order chi connectivity index (χ0) is 22.9. The van der Waals surface area contributed by atoms with Crippen LogP contribution in [0.3, 0.4) is 0 Å². The van der Waals surface area contributed by atoms with Gasteiger partial charge in [0.25, 0.3) is 0 Å². The molecular formula is C25H20Cl2N4O2. The van der Waals surface area contributed by atoms with Gasteiger partial charge in [-0.05, 0) is 55.0 Å². The van der Waals surface area contributed by atoms with Crippen molar-refractivity contribution in [2.75, 3.05) is 13.1 Å². The highest BCUT2D eigenvalue weighted by Crippen LogP contribution is 2.37. The average Bonchev–Trinajstić information content (AvgIpc) is 3.47. The number of carbonyl (C=O) groups excluding carboxylic acids is 1. The lowest BCUT2D eigenvalue weighted by Gasteiger charge is -2.17. The molecule has 3 heterocycles. The molecule has 0 saturated carbocycles. The maximum Gasteiger partial charge on any atom is 0.246 e. The quantitative estimate of drug-likeness (QED) is 0.322. The molecule has 1 aliphatic heterocycles. The van der Waals surface area contributed by atoms with E-state index in [0.29, 0.717) is 34.6 Å². The summed E-state index contributed by atoms with van der Waals surface area (Å²) in [6.45, 7) is 4.87. The molecule has 0 N–H and O–H groups in total. The van der Waals surface area contributed by atoms with Crippen LogP contribution in [0.1, 0.15) is 12.5 Å². The molecule has 1 atom stereocenters. The Bertz CT molecular complexity index is 1350. The van der Waals surface area contributed by atoms with Crippen LogP contribution in [0.2, 0.25) is 10.0 Å². The Hall–Kier alpha value is -3.35. The zero-order valence-electron chi connectivity index (χ0n) is 17.6. The van der Waals surface area contributed by atoms with Gasteiger partial charge < -0.3 is 9.64 Å². The van der Waals surface area contributed by atoms with Crippen molar-refractivity contribution in [2.24, 2.45) is 0 Å². The third-order valence-electron chi connectivity index (χ3n) is 5.77. The summed E-state index contributed by atoms with van der Waals surface area (Å²) >= 11 is 12.3. The second-order valence-electron chi connectivity index (χ2n) is 7.80. The summed E-state index contributed by atoms with van der Waals surface area (Å²) in [5, 5.41) is 6.62. The Labute approximate surface area is 201 Å². The minimum Gasteiger partial charge on any atom is -0.456 e. The van der Waals surface area contributed by atoms with Crippen molar-refractivity contribution in [1.29, 1.82) is 0 Å². The molecule has 33 heavy (non-hydrogen) atoms. The van der Waals surface area contributed by atoms with Gasteiger partial charge in [0, 0.05) is 36.4 Å². The fourth-order valence-electron chi connectivity index (χ4n) is 4.14. The van der Waals surface area contributed by atoms with Gasteiger partial charge in [0.1, 0.15) is 16.5 Å². The third-order valence-corrected chi connectivity index (χ3v) is 6.57. The van der Waals surface area contributed by atoms with E-state index in [9.17, 15) is 4.79 Å². The van der Waals surface area contributed by atoms with Gasteiger partial charge in [-0.2, -0.15) is 5.10 Å². The van der Waals surface area contributed by atoms with E-state index in [1.807, 2.05) is 41.2 Å². The smallest absolute Gasteiger partial charge is 0.246 e. The van der Waals surface area contributed by atoms with Gasteiger partial charge in [0.2, 0.25) is 5.91 Å². The molecule has 1 saturated heterocycles. The number of pyridine rings is 1. The lowest BCUT2D eigenvalue weighted by atomic mass is 10.1. The second kappa shape index (κ2) is 8.89. The number of benzene rings is 2. The number of hydrogen-bond donors (Lipinski definition) is 0.